The number of anilines is 1. The number of halogens is 2. The van der Waals surface area contributed by atoms with Gasteiger partial charge in [0.2, 0.25) is 0 Å². The number of fused-ring (bicyclic) bond motifs is 2. The van der Waals surface area contributed by atoms with E-state index in [2.05, 4.69) is 21.9 Å². The lowest BCUT2D eigenvalue weighted by Gasteiger charge is -2.37. The summed E-state index contributed by atoms with van der Waals surface area (Å²) in [6.07, 6.45) is 0.568. The van der Waals surface area contributed by atoms with Gasteiger partial charge in [-0.2, -0.15) is 0 Å². The predicted molar refractivity (Wildman–Crippen MR) is 131 cm³/mol. The highest BCUT2D eigenvalue weighted by molar-refractivity contribution is 7.17. The van der Waals surface area contributed by atoms with Gasteiger partial charge in [0, 0.05) is 60.2 Å². The first-order chi connectivity index (χ1) is 14.3. The van der Waals surface area contributed by atoms with E-state index >= 15 is 0 Å². The first-order valence-corrected chi connectivity index (χ1v) is 11.0. The van der Waals surface area contributed by atoms with E-state index in [1.807, 2.05) is 35.7 Å². The van der Waals surface area contributed by atoms with Crippen LogP contribution in [0.5, 0.6) is 11.5 Å². The van der Waals surface area contributed by atoms with Crippen LogP contribution in [0, 0.1) is 0 Å². The third-order valence-corrected chi connectivity index (χ3v) is 6.66. The van der Waals surface area contributed by atoms with Crippen molar-refractivity contribution in [2.45, 2.75) is 6.42 Å². The van der Waals surface area contributed by atoms with Crippen molar-refractivity contribution in [1.29, 1.82) is 0 Å². The standard InChI is InChI=1S/C23H24N2O3S.2ClH/c26-20(18-16-29-22-7-2-1-4-17(18)22)8-9-24-10-12-25(13-11-24)19-5-3-6-21-23(19)28-15-14-27-21;;/h1-7,16H,8-15H2;2*1H. The number of benzene rings is 2. The van der Waals surface area contributed by atoms with E-state index in [1.165, 1.54) is 4.70 Å². The van der Waals surface area contributed by atoms with Gasteiger partial charge in [0.25, 0.3) is 0 Å². The first-order valence-electron chi connectivity index (χ1n) is 10.1. The quantitative estimate of drug-likeness (QED) is 0.485. The number of carbonyl (C=O) groups excluding carboxylic acids is 1. The lowest BCUT2D eigenvalue weighted by atomic mass is 10.1. The van der Waals surface area contributed by atoms with Gasteiger partial charge in [-0.3, -0.25) is 9.69 Å². The summed E-state index contributed by atoms with van der Waals surface area (Å²) in [7, 11) is 0. The predicted octanol–water partition coefficient (Wildman–Crippen LogP) is 4.91. The number of hydrogen-bond acceptors (Lipinski definition) is 6. The van der Waals surface area contributed by atoms with E-state index in [9.17, 15) is 4.79 Å². The highest BCUT2D eigenvalue weighted by Crippen LogP contribution is 2.39. The van der Waals surface area contributed by atoms with Crippen LogP contribution in [0.25, 0.3) is 10.1 Å². The molecule has 1 aromatic heterocycles. The average molecular weight is 481 g/mol. The van der Waals surface area contributed by atoms with Crippen molar-refractivity contribution in [3.63, 3.8) is 0 Å². The van der Waals surface area contributed by atoms with Crippen molar-refractivity contribution in [2.75, 3.05) is 50.8 Å². The molecule has 0 aliphatic carbocycles. The van der Waals surface area contributed by atoms with Crippen LogP contribution in [0.2, 0.25) is 0 Å². The summed E-state index contributed by atoms with van der Waals surface area (Å²) in [5, 5.41) is 3.09. The van der Waals surface area contributed by atoms with Gasteiger partial charge in [-0.05, 0) is 18.2 Å². The van der Waals surface area contributed by atoms with Gasteiger partial charge in [0.15, 0.2) is 17.3 Å². The molecule has 1 saturated heterocycles. The topological polar surface area (TPSA) is 42.0 Å². The van der Waals surface area contributed by atoms with Gasteiger partial charge in [-0.1, -0.05) is 24.3 Å². The Morgan fingerprint density at radius 1 is 0.935 bits per heavy atom. The van der Waals surface area contributed by atoms with E-state index in [-0.39, 0.29) is 30.6 Å². The summed E-state index contributed by atoms with van der Waals surface area (Å²) < 4.78 is 12.8. The monoisotopic (exact) mass is 480 g/mol. The van der Waals surface area contributed by atoms with Crippen molar-refractivity contribution < 1.29 is 14.3 Å². The van der Waals surface area contributed by atoms with Crippen LogP contribution in [0.4, 0.5) is 5.69 Å². The lowest BCUT2D eigenvalue weighted by Crippen LogP contribution is -2.47. The number of para-hydroxylation sites is 1. The van der Waals surface area contributed by atoms with Gasteiger partial charge < -0.3 is 14.4 Å². The summed E-state index contributed by atoms with van der Waals surface area (Å²) in [5.41, 5.74) is 1.99. The Kier molecular flexibility index (Phi) is 8.06. The maximum atomic E-state index is 12.7. The highest BCUT2D eigenvalue weighted by Gasteiger charge is 2.24. The van der Waals surface area contributed by atoms with Crippen molar-refractivity contribution in [1.82, 2.24) is 4.90 Å². The molecule has 0 radical (unpaired) electrons. The molecular weight excluding hydrogens is 455 g/mol. The minimum Gasteiger partial charge on any atom is -0.486 e. The first kappa shape index (κ1) is 23.7. The molecule has 2 aliphatic heterocycles. The second kappa shape index (κ2) is 10.6. The second-order valence-electron chi connectivity index (χ2n) is 7.45. The van der Waals surface area contributed by atoms with Gasteiger partial charge >= 0.3 is 0 Å². The van der Waals surface area contributed by atoms with E-state index in [4.69, 9.17) is 9.47 Å². The average Bonchev–Trinajstić information content (AvgIpc) is 3.22. The second-order valence-corrected chi connectivity index (χ2v) is 8.36. The van der Waals surface area contributed by atoms with Gasteiger partial charge in [-0.15, -0.1) is 36.2 Å². The third-order valence-electron chi connectivity index (χ3n) is 5.69. The van der Waals surface area contributed by atoms with Crippen molar-refractivity contribution in [2.24, 2.45) is 0 Å². The Labute approximate surface area is 198 Å². The number of Topliss-reactive ketones (excluding diaryl/α,β-unsaturated/α-hetero) is 1. The zero-order valence-corrected chi connectivity index (χ0v) is 19.6. The normalized spacial score (nSPS) is 15.8. The van der Waals surface area contributed by atoms with Gasteiger partial charge in [-0.25, -0.2) is 0 Å². The highest BCUT2D eigenvalue weighted by atomic mass is 35.5. The molecule has 0 unspecified atom stereocenters. The molecular formula is C23H26Cl2N2O3S. The van der Waals surface area contributed by atoms with Crippen molar-refractivity contribution in [3.05, 3.63) is 53.4 Å². The zero-order valence-electron chi connectivity index (χ0n) is 17.1. The molecule has 1 fully saturated rings. The molecule has 2 aliphatic rings. The van der Waals surface area contributed by atoms with Gasteiger partial charge in [0.1, 0.15) is 13.2 Å². The minimum atomic E-state index is 0. The van der Waals surface area contributed by atoms with Crippen LogP contribution in [-0.2, 0) is 0 Å². The molecule has 0 spiro atoms. The SMILES string of the molecule is Cl.Cl.O=C(CCN1CCN(c2cccc3c2OCCO3)CC1)c1csc2ccccc12. The van der Waals surface area contributed by atoms with Crippen LogP contribution in [0.15, 0.2) is 47.8 Å². The maximum Gasteiger partial charge on any atom is 0.184 e. The fourth-order valence-electron chi connectivity index (χ4n) is 4.11. The maximum absolute atomic E-state index is 12.7. The fraction of sp³-hybridized carbons (Fsp3) is 0.348. The number of rotatable bonds is 5. The van der Waals surface area contributed by atoms with Crippen LogP contribution >= 0.6 is 36.2 Å². The van der Waals surface area contributed by atoms with Crippen molar-refractivity contribution in [3.8, 4) is 11.5 Å². The van der Waals surface area contributed by atoms with Crippen molar-refractivity contribution >= 4 is 57.7 Å². The van der Waals surface area contributed by atoms with Crippen LogP contribution in [0.3, 0.4) is 0 Å². The number of hydrogen-bond donors (Lipinski definition) is 0. The Balaban J connectivity index is 0.00000136. The molecule has 0 atom stereocenters. The Hall–Kier alpha value is -1.99. The Morgan fingerprint density at radius 2 is 1.71 bits per heavy atom. The number of ether oxygens (including phenoxy) is 2. The molecule has 8 heteroatoms. The molecule has 5 nitrogen and oxygen atoms in total. The molecule has 0 bridgehead atoms. The molecule has 5 rings (SSSR count). The fourth-order valence-corrected chi connectivity index (χ4v) is 5.07. The molecule has 166 valence electrons. The lowest BCUT2D eigenvalue weighted by molar-refractivity contribution is 0.0964. The Bertz CT molecular complexity index is 1030. The summed E-state index contributed by atoms with van der Waals surface area (Å²) >= 11 is 1.65. The summed E-state index contributed by atoms with van der Waals surface area (Å²) in [5.74, 6) is 1.95. The van der Waals surface area contributed by atoms with E-state index in [1.54, 1.807) is 11.3 Å². The number of thiophene rings is 1. The number of ketones is 1. The summed E-state index contributed by atoms with van der Waals surface area (Å²) in [6, 6.07) is 14.2. The van der Waals surface area contributed by atoms with Crippen LogP contribution < -0.4 is 14.4 Å². The number of nitrogens with zero attached hydrogens (tertiary/aromatic N) is 2. The number of carbonyl (C=O) groups is 1. The molecule has 2 aromatic carbocycles. The summed E-state index contributed by atoms with van der Waals surface area (Å²) in [4.78, 5) is 17.5. The van der Waals surface area contributed by atoms with E-state index < -0.39 is 0 Å². The largest absolute Gasteiger partial charge is 0.486 e. The molecule has 0 amide bonds. The third kappa shape index (κ3) is 4.93. The number of piperazine rings is 1. The molecule has 3 heterocycles. The van der Waals surface area contributed by atoms with Gasteiger partial charge in [0.05, 0.1) is 5.69 Å². The molecule has 31 heavy (non-hydrogen) atoms. The molecule has 3 aromatic rings. The Morgan fingerprint density at radius 3 is 2.55 bits per heavy atom. The zero-order chi connectivity index (χ0) is 19.6. The smallest absolute Gasteiger partial charge is 0.184 e. The van der Waals surface area contributed by atoms with E-state index in [0.29, 0.717) is 19.6 Å². The van der Waals surface area contributed by atoms with E-state index in [0.717, 1.165) is 60.9 Å². The molecule has 0 saturated carbocycles. The minimum absolute atomic E-state index is 0. The van der Waals surface area contributed by atoms with Crippen LogP contribution in [0.1, 0.15) is 16.8 Å². The molecule has 0 N–H and O–H groups in total. The van der Waals surface area contributed by atoms with Crippen LogP contribution in [-0.4, -0.2) is 56.6 Å². The summed E-state index contributed by atoms with van der Waals surface area (Å²) in [6.45, 7) is 5.76.